The molecular weight excluding hydrogens is 366 g/mol. The molecule has 0 spiro atoms. The highest BCUT2D eigenvalue weighted by atomic mass is 79.9. The van der Waals surface area contributed by atoms with E-state index in [0.717, 1.165) is 8.66 Å². The second kappa shape index (κ2) is 6.30. The van der Waals surface area contributed by atoms with Crippen LogP contribution < -0.4 is 9.47 Å². The molecule has 0 unspecified atom stereocenters. The van der Waals surface area contributed by atoms with Crippen LogP contribution in [0.1, 0.15) is 11.8 Å². The van der Waals surface area contributed by atoms with Gasteiger partial charge in [0.25, 0.3) is 5.91 Å². The smallest absolute Gasteiger partial charge is 0.267 e. The van der Waals surface area contributed by atoms with Crippen LogP contribution in [0.5, 0.6) is 11.5 Å². The van der Waals surface area contributed by atoms with Crippen LogP contribution in [0.2, 0.25) is 0 Å². The van der Waals surface area contributed by atoms with Gasteiger partial charge in [0.15, 0.2) is 11.5 Å². The van der Waals surface area contributed by atoms with Crippen molar-refractivity contribution in [2.45, 2.75) is 25.7 Å². The van der Waals surface area contributed by atoms with Gasteiger partial charge in [-0.3, -0.25) is 4.79 Å². The van der Waals surface area contributed by atoms with Gasteiger partial charge in [-0.2, -0.15) is 0 Å². The number of carbonyl (C=O) groups is 1. The van der Waals surface area contributed by atoms with E-state index in [1.807, 2.05) is 43.3 Å². The lowest BCUT2D eigenvalue weighted by atomic mass is 10.1. The van der Waals surface area contributed by atoms with E-state index >= 15 is 0 Å². The van der Waals surface area contributed by atoms with Gasteiger partial charge in [0.1, 0.15) is 6.10 Å². The first kappa shape index (κ1) is 15.4. The van der Waals surface area contributed by atoms with Gasteiger partial charge in [-0.05, 0) is 47.1 Å². The Balaban J connectivity index is 1.72. The first-order valence-corrected chi connectivity index (χ1v) is 8.57. The van der Waals surface area contributed by atoms with Crippen molar-refractivity contribution < 1.29 is 14.3 Å². The molecule has 1 amide bonds. The Morgan fingerprint density at radius 3 is 2.55 bits per heavy atom. The third-order valence-electron chi connectivity index (χ3n) is 3.48. The van der Waals surface area contributed by atoms with Crippen molar-refractivity contribution in [2.24, 2.45) is 0 Å². The van der Waals surface area contributed by atoms with E-state index in [1.54, 1.807) is 23.3 Å². The Kier molecular flexibility index (Phi) is 4.40. The molecule has 1 aromatic heterocycles. The van der Waals surface area contributed by atoms with E-state index in [4.69, 9.17) is 9.47 Å². The summed E-state index contributed by atoms with van der Waals surface area (Å²) in [7, 11) is 1.78. The largest absolute Gasteiger partial charge is 0.482 e. The van der Waals surface area contributed by atoms with Crippen LogP contribution in [0.4, 0.5) is 0 Å². The van der Waals surface area contributed by atoms with Crippen molar-refractivity contribution in [1.82, 2.24) is 4.90 Å². The number of thiophene rings is 1. The number of ether oxygens (including phenoxy) is 2. The molecule has 0 saturated carbocycles. The fraction of sp³-hybridized carbons (Fsp3) is 0.312. The Hall–Kier alpha value is -1.53. The summed E-state index contributed by atoms with van der Waals surface area (Å²) in [5.74, 6) is 1.22. The molecule has 4 nitrogen and oxygen atoms in total. The van der Waals surface area contributed by atoms with E-state index in [-0.39, 0.29) is 12.0 Å². The monoisotopic (exact) mass is 381 g/mol. The van der Waals surface area contributed by atoms with Crippen LogP contribution in [-0.4, -0.2) is 30.1 Å². The topological polar surface area (TPSA) is 38.8 Å². The van der Waals surface area contributed by atoms with Crippen LogP contribution in [0, 0.1) is 0 Å². The molecule has 1 aliphatic heterocycles. The van der Waals surface area contributed by atoms with Gasteiger partial charge in [0, 0.05) is 11.9 Å². The van der Waals surface area contributed by atoms with E-state index in [1.165, 1.54) is 0 Å². The second-order valence-corrected chi connectivity index (χ2v) is 7.76. The average molecular weight is 382 g/mol. The number of para-hydroxylation sites is 2. The molecule has 3 rings (SSSR count). The predicted octanol–water partition coefficient (Wildman–Crippen LogP) is 3.70. The van der Waals surface area contributed by atoms with Gasteiger partial charge in [-0.1, -0.05) is 12.1 Å². The number of likely N-dealkylation sites (N-methyl/N-ethyl adjacent to an activating group) is 1. The molecule has 0 saturated heterocycles. The number of carbonyl (C=O) groups excluding carboxylic acids is 1. The fourth-order valence-corrected chi connectivity index (χ4v) is 3.89. The maximum absolute atomic E-state index is 12.6. The average Bonchev–Trinajstić information content (AvgIpc) is 2.91. The Labute approximate surface area is 141 Å². The van der Waals surface area contributed by atoms with E-state index in [9.17, 15) is 4.79 Å². The second-order valence-electron chi connectivity index (χ2n) is 5.21. The number of hydrogen-bond donors (Lipinski definition) is 0. The van der Waals surface area contributed by atoms with Gasteiger partial charge in [-0.15, -0.1) is 11.3 Å². The van der Waals surface area contributed by atoms with Crippen molar-refractivity contribution in [3.63, 3.8) is 0 Å². The van der Waals surface area contributed by atoms with E-state index < -0.39 is 6.10 Å². The molecule has 0 bridgehead atoms. The standard InChI is InChI=1S/C16H16BrNO3S/c1-10-15(21-13-6-4-3-5-12(13)20-10)16(19)18(2)9-11-7-8-14(17)22-11/h3-8,10,15H,9H2,1-2H3/t10-,15-/m1/s1. The number of benzene rings is 1. The lowest BCUT2D eigenvalue weighted by Gasteiger charge is -2.33. The van der Waals surface area contributed by atoms with Crippen LogP contribution in [0.3, 0.4) is 0 Å². The number of nitrogens with zero attached hydrogens (tertiary/aromatic N) is 1. The Morgan fingerprint density at radius 1 is 1.23 bits per heavy atom. The highest BCUT2D eigenvalue weighted by molar-refractivity contribution is 9.11. The number of hydrogen-bond acceptors (Lipinski definition) is 4. The molecule has 6 heteroatoms. The summed E-state index contributed by atoms with van der Waals surface area (Å²) >= 11 is 5.05. The SMILES string of the molecule is C[C@H]1Oc2ccccc2O[C@H]1C(=O)N(C)Cc1ccc(Br)s1. The van der Waals surface area contributed by atoms with Crippen molar-refractivity contribution in [3.05, 3.63) is 45.1 Å². The van der Waals surface area contributed by atoms with E-state index in [0.29, 0.717) is 18.0 Å². The van der Waals surface area contributed by atoms with Gasteiger partial charge >= 0.3 is 0 Å². The Morgan fingerprint density at radius 2 is 1.91 bits per heavy atom. The third kappa shape index (κ3) is 3.13. The summed E-state index contributed by atoms with van der Waals surface area (Å²) in [6, 6.07) is 11.4. The molecule has 2 aromatic rings. The normalized spacial score (nSPS) is 19.8. The molecular formula is C16H16BrNO3S. The molecule has 0 aliphatic carbocycles. The minimum absolute atomic E-state index is 0.0773. The Bertz CT molecular complexity index is 688. The zero-order valence-electron chi connectivity index (χ0n) is 12.3. The quantitative estimate of drug-likeness (QED) is 0.813. The summed E-state index contributed by atoms with van der Waals surface area (Å²) in [5.41, 5.74) is 0. The summed E-state index contributed by atoms with van der Waals surface area (Å²) in [6.45, 7) is 2.41. The minimum Gasteiger partial charge on any atom is -0.482 e. The molecule has 2 heterocycles. The van der Waals surface area contributed by atoms with E-state index in [2.05, 4.69) is 15.9 Å². The molecule has 116 valence electrons. The predicted molar refractivity (Wildman–Crippen MR) is 89.4 cm³/mol. The first-order chi connectivity index (χ1) is 10.5. The molecule has 0 radical (unpaired) electrons. The highest BCUT2D eigenvalue weighted by Crippen LogP contribution is 2.34. The van der Waals surface area contributed by atoms with Crippen molar-refractivity contribution >= 4 is 33.2 Å². The summed E-state index contributed by atoms with van der Waals surface area (Å²) in [6.07, 6.45) is -0.941. The van der Waals surface area contributed by atoms with Crippen LogP contribution in [0.25, 0.3) is 0 Å². The van der Waals surface area contributed by atoms with Crippen LogP contribution in [0.15, 0.2) is 40.2 Å². The summed E-state index contributed by atoms with van der Waals surface area (Å²) in [4.78, 5) is 15.4. The van der Waals surface area contributed by atoms with Gasteiger partial charge in [-0.25, -0.2) is 0 Å². The van der Waals surface area contributed by atoms with Crippen molar-refractivity contribution in [2.75, 3.05) is 7.05 Å². The van der Waals surface area contributed by atoms with Gasteiger partial charge in [0.2, 0.25) is 6.10 Å². The lowest BCUT2D eigenvalue weighted by molar-refractivity contribution is -0.143. The highest BCUT2D eigenvalue weighted by Gasteiger charge is 2.35. The molecule has 0 N–H and O–H groups in total. The maximum Gasteiger partial charge on any atom is 0.267 e. The zero-order chi connectivity index (χ0) is 15.7. The zero-order valence-corrected chi connectivity index (χ0v) is 14.7. The van der Waals surface area contributed by atoms with Crippen molar-refractivity contribution in [1.29, 1.82) is 0 Å². The van der Waals surface area contributed by atoms with Crippen molar-refractivity contribution in [3.8, 4) is 11.5 Å². The third-order valence-corrected chi connectivity index (χ3v) is 5.09. The molecule has 22 heavy (non-hydrogen) atoms. The molecule has 1 aromatic carbocycles. The summed E-state index contributed by atoms with van der Waals surface area (Å²) < 4.78 is 12.7. The van der Waals surface area contributed by atoms with Crippen LogP contribution >= 0.6 is 27.3 Å². The first-order valence-electron chi connectivity index (χ1n) is 6.96. The van der Waals surface area contributed by atoms with Crippen LogP contribution in [-0.2, 0) is 11.3 Å². The number of amides is 1. The number of halogens is 1. The number of rotatable bonds is 3. The fourth-order valence-electron chi connectivity index (χ4n) is 2.36. The maximum atomic E-state index is 12.6. The molecule has 0 fully saturated rings. The summed E-state index contributed by atoms with van der Waals surface area (Å²) in [5, 5.41) is 0. The number of fused-ring (bicyclic) bond motifs is 1. The lowest BCUT2D eigenvalue weighted by Crippen LogP contribution is -2.49. The molecule has 1 aliphatic rings. The van der Waals surface area contributed by atoms with Gasteiger partial charge in [0.05, 0.1) is 10.3 Å². The van der Waals surface area contributed by atoms with Gasteiger partial charge < -0.3 is 14.4 Å². The molecule has 2 atom stereocenters. The minimum atomic E-state index is -0.622.